The molecule has 9 heteroatoms. The maximum absolute atomic E-state index is 12.9. The van der Waals surface area contributed by atoms with E-state index in [2.05, 4.69) is 15.5 Å². The van der Waals surface area contributed by atoms with Crippen molar-refractivity contribution >= 4 is 28.0 Å². The van der Waals surface area contributed by atoms with Crippen molar-refractivity contribution in [3.63, 3.8) is 0 Å². The van der Waals surface area contributed by atoms with Gasteiger partial charge in [0.15, 0.2) is 5.65 Å². The lowest BCUT2D eigenvalue weighted by Crippen LogP contribution is -2.25. The number of aryl methyl sites for hydroxylation is 1. The van der Waals surface area contributed by atoms with Crippen LogP contribution >= 0.6 is 0 Å². The van der Waals surface area contributed by atoms with Gasteiger partial charge in [0.25, 0.3) is 5.91 Å². The van der Waals surface area contributed by atoms with Gasteiger partial charge in [0.1, 0.15) is 5.52 Å². The third-order valence-corrected chi connectivity index (χ3v) is 5.03. The minimum atomic E-state index is -4.40. The van der Waals surface area contributed by atoms with Crippen molar-refractivity contribution in [1.82, 2.24) is 24.9 Å². The van der Waals surface area contributed by atoms with E-state index >= 15 is 0 Å². The van der Waals surface area contributed by atoms with Crippen LogP contribution < -0.4 is 5.32 Å². The number of nitrogens with one attached hydrogen (secondary N) is 1. The molecule has 148 valence electrons. The molecule has 0 atom stereocenters. The average Bonchev–Trinajstić information content (AvgIpc) is 3.34. The van der Waals surface area contributed by atoms with E-state index in [4.69, 9.17) is 0 Å². The summed E-state index contributed by atoms with van der Waals surface area (Å²) in [6.07, 6.45) is -2.41. The van der Waals surface area contributed by atoms with Crippen molar-refractivity contribution in [2.75, 3.05) is 0 Å². The average molecular weight is 399 g/mol. The largest absolute Gasteiger partial charge is 0.416 e. The lowest BCUT2D eigenvalue weighted by atomic mass is 10.1. The van der Waals surface area contributed by atoms with Gasteiger partial charge in [0.2, 0.25) is 0 Å². The molecule has 0 aliphatic heterocycles. The standard InChI is InChI=1S/C20H16F3N5O/c1-27-25-17-15-10-11(19(29)24-13-5-6-13)2-9-16(15)28(18(17)26-27)14-7-3-12(4-8-14)20(21,22)23/h2-4,7-10,13H,5-6H2,1H3,(H,24,29). The molecule has 0 radical (unpaired) electrons. The van der Waals surface area contributed by atoms with Crippen LogP contribution in [0.15, 0.2) is 42.5 Å². The monoisotopic (exact) mass is 399 g/mol. The number of hydrogen-bond donors (Lipinski definition) is 1. The topological polar surface area (TPSA) is 64.7 Å². The van der Waals surface area contributed by atoms with Crippen LogP contribution in [0.2, 0.25) is 0 Å². The Bertz CT molecular complexity index is 1250. The molecule has 1 aliphatic rings. The third-order valence-electron chi connectivity index (χ3n) is 5.03. The number of nitrogens with zero attached hydrogens (tertiary/aromatic N) is 4. The van der Waals surface area contributed by atoms with Crippen molar-refractivity contribution < 1.29 is 18.0 Å². The fraction of sp³-hybridized carbons (Fsp3) is 0.250. The molecule has 0 unspecified atom stereocenters. The molecule has 5 rings (SSSR count). The molecular weight excluding hydrogens is 383 g/mol. The van der Waals surface area contributed by atoms with Gasteiger partial charge in [0.05, 0.1) is 11.1 Å². The van der Waals surface area contributed by atoms with Gasteiger partial charge in [-0.15, -0.1) is 5.10 Å². The van der Waals surface area contributed by atoms with Gasteiger partial charge >= 0.3 is 6.18 Å². The first-order valence-corrected chi connectivity index (χ1v) is 9.15. The van der Waals surface area contributed by atoms with E-state index in [-0.39, 0.29) is 11.9 Å². The second-order valence-corrected chi connectivity index (χ2v) is 7.22. The summed E-state index contributed by atoms with van der Waals surface area (Å²) >= 11 is 0. The van der Waals surface area contributed by atoms with Crippen LogP contribution in [0.1, 0.15) is 28.8 Å². The zero-order valence-electron chi connectivity index (χ0n) is 15.4. The fourth-order valence-corrected chi connectivity index (χ4v) is 3.45. The smallest absolute Gasteiger partial charge is 0.349 e. The first-order chi connectivity index (χ1) is 13.8. The van der Waals surface area contributed by atoms with Crippen molar-refractivity contribution in [3.8, 4) is 5.69 Å². The van der Waals surface area contributed by atoms with Crippen molar-refractivity contribution in [1.29, 1.82) is 0 Å². The summed E-state index contributed by atoms with van der Waals surface area (Å²) in [5.74, 6) is -0.145. The predicted octanol–water partition coefficient (Wildman–Crippen LogP) is 3.82. The van der Waals surface area contributed by atoms with Gasteiger partial charge in [-0.3, -0.25) is 9.36 Å². The van der Waals surface area contributed by atoms with E-state index in [1.54, 1.807) is 29.8 Å². The molecule has 4 aromatic rings. The van der Waals surface area contributed by atoms with Crippen molar-refractivity contribution in [3.05, 3.63) is 53.6 Å². The summed E-state index contributed by atoms with van der Waals surface area (Å²) in [6, 6.07) is 10.4. The fourth-order valence-electron chi connectivity index (χ4n) is 3.45. The number of halogens is 3. The van der Waals surface area contributed by atoms with Gasteiger partial charge in [-0.1, -0.05) is 0 Å². The SMILES string of the molecule is Cn1nc2c3cc(C(=O)NC4CC4)ccc3n(-c3ccc(C(F)(F)F)cc3)c2n1. The lowest BCUT2D eigenvalue weighted by Gasteiger charge is -2.10. The van der Waals surface area contributed by atoms with Gasteiger partial charge < -0.3 is 5.32 Å². The van der Waals surface area contributed by atoms with Crippen molar-refractivity contribution in [2.45, 2.75) is 25.1 Å². The molecule has 2 aromatic carbocycles. The minimum absolute atomic E-state index is 0.145. The Labute approximate surface area is 162 Å². The first kappa shape index (κ1) is 17.7. The highest BCUT2D eigenvalue weighted by atomic mass is 19.4. The number of rotatable bonds is 3. The van der Waals surface area contributed by atoms with Crippen molar-refractivity contribution in [2.24, 2.45) is 7.05 Å². The number of carbonyl (C=O) groups is 1. The van der Waals surface area contributed by atoms with Gasteiger partial charge in [-0.2, -0.15) is 23.1 Å². The second kappa shape index (κ2) is 6.07. The van der Waals surface area contributed by atoms with E-state index in [1.807, 2.05) is 0 Å². The summed E-state index contributed by atoms with van der Waals surface area (Å²) in [5.41, 5.74) is 2.16. The highest BCUT2D eigenvalue weighted by molar-refractivity contribution is 6.08. The highest BCUT2D eigenvalue weighted by Gasteiger charge is 2.30. The molecule has 2 aromatic heterocycles. The summed E-state index contributed by atoms with van der Waals surface area (Å²) in [6.45, 7) is 0. The maximum atomic E-state index is 12.9. The molecule has 1 aliphatic carbocycles. The summed E-state index contributed by atoms with van der Waals surface area (Å²) in [4.78, 5) is 13.8. The number of aromatic nitrogens is 4. The molecule has 1 fully saturated rings. The van der Waals surface area contributed by atoms with E-state index < -0.39 is 11.7 Å². The molecular formula is C20H16F3N5O. The molecule has 1 N–H and O–H groups in total. The number of amides is 1. The molecule has 1 saturated carbocycles. The maximum Gasteiger partial charge on any atom is 0.416 e. The van der Waals surface area contributed by atoms with Gasteiger partial charge in [0, 0.05) is 29.7 Å². The third kappa shape index (κ3) is 3.02. The van der Waals surface area contributed by atoms with E-state index in [0.717, 1.165) is 35.9 Å². The zero-order chi connectivity index (χ0) is 20.3. The molecule has 1 amide bonds. The van der Waals surface area contributed by atoms with Crippen LogP contribution in [0.5, 0.6) is 0 Å². The molecule has 29 heavy (non-hydrogen) atoms. The number of carbonyl (C=O) groups excluding carboxylic acids is 1. The molecule has 0 saturated heterocycles. The van der Waals surface area contributed by atoms with Crippen LogP contribution in [-0.4, -0.2) is 31.5 Å². The Morgan fingerprint density at radius 1 is 1.10 bits per heavy atom. The van der Waals surface area contributed by atoms with Crippen LogP contribution in [0.4, 0.5) is 13.2 Å². The van der Waals surface area contributed by atoms with Crippen LogP contribution in [-0.2, 0) is 13.2 Å². The number of hydrogen-bond acceptors (Lipinski definition) is 3. The van der Waals surface area contributed by atoms with Gasteiger partial charge in [-0.25, -0.2) is 0 Å². The number of alkyl halides is 3. The predicted molar refractivity (Wildman–Crippen MR) is 101 cm³/mol. The van der Waals surface area contributed by atoms with E-state index in [1.165, 1.54) is 16.9 Å². The van der Waals surface area contributed by atoms with E-state index in [0.29, 0.717) is 22.4 Å². The zero-order valence-corrected chi connectivity index (χ0v) is 15.4. The quantitative estimate of drug-likeness (QED) is 0.570. The Morgan fingerprint density at radius 2 is 1.83 bits per heavy atom. The van der Waals surface area contributed by atoms with E-state index in [9.17, 15) is 18.0 Å². The second-order valence-electron chi connectivity index (χ2n) is 7.22. The Morgan fingerprint density at radius 3 is 2.48 bits per heavy atom. The Balaban J connectivity index is 1.66. The summed E-state index contributed by atoms with van der Waals surface area (Å²) in [7, 11) is 1.67. The Kier molecular flexibility index (Phi) is 3.71. The summed E-state index contributed by atoms with van der Waals surface area (Å²) < 4.78 is 40.5. The van der Waals surface area contributed by atoms with Crippen LogP contribution in [0, 0.1) is 0 Å². The highest BCUT2D eigenvalue weighted by Crippen LogP contribution is 2.33. The summed E-state index contributed by atoms with van der Waals surface area (Å²) in [5, 5.41) is 12.4. The Hall–Kier alpha value is -3.36. The molecule has 0 bridgehead atoms. The molecule has 0 spiro atoms. The van der Waals surface area contributed by atoms with Crippen LogP contribution in [0.3, 0.4) is 0 Å². The number of benzene rings is 2. The van der Waals surface area contributed by atoms with Crippen LogP contribution in [0.25, 0.3) is 27.8 Å². The normalized spacial score (nSPS) is 14.6. The molecule has 6 nitrogen and oxygen atoms in total. The lowest BCUT2D eigenvalue weighted by molar-refractivity contribution is -0.137. The number of fused-ring (bicyclic) bond motifs is 3. The first-order valence-electron chi connectivity index (χ1n) is 9.15. The molecule has 2 heterocycles. The van der Waals surface area contributed by atoms with Gasteiger partial charge in [-0.05, 0) is 55.3 Å². The minimum Gasteiger partial charge on any atom is -0.349 e.